The van der Waals surface area contributed by atoms with Gasteiger partial charge in [-0.1, -0.05) is 12.1 Å². The van der Waals surface area contributed by atoms with Crippen LogP contribution in [0.4, 0.5) is 11.1 Å². The van der Waals surface area contributed by atoms with Gasteiger partial charge < -0.3 is 10.3 Å². The van der Waals surface area contributed by atoms with E-state index in [0.29, 0.717) is 11.1 Å². The maximum absolute atomic E-state index is 12.7. The molecule has 0 saturated carbocycles. The second-order valence-electron chi connectivity index (χ2n) is 5.78. The lowest BCUT2D eigenvalue weighted by molar-refractivity contribution is -0.118. The van der Waals surface area contributed by atoms with Crippen LogP contribution in [-0.4, -0.2) is 20.4 Å². The number of nitrogens with one attached hydrogen (secondary N) is 1. The fourth-order valence-electron chi connectivity index (χ4n) is 3.15. The van der Waals surface area contributed by atoms with Gasteiger partial charge in [0.25, 0.3) is 0 Å². The summed E-state index contributed by atoms with van der Waals surface area (Å²) < 4.78 is 1.90. The molecule has 7 heteroatoms. The molecular weight excluding hydrogens is 310 g/mol. The van der Waals surface area contributed by atoms with E-state index in [1.807, 2.05) is 35.9 Å². The third-order valence-corrected chi connectivity index (χ3v) is 5.27. The van der Waals surface area contributed by atoms with Crippen LogP contribution in [0.25, 0.3) is 11.0 Å². The highest BCUT2D eigenvalue weighted by molar-refractivity contribution is 7.15. The molecule has 1 aromatic carbocycles. The molecule has 3 aromatic rings. The van der Waals surface area contributed by atoms with Crippen LogP contribution in [0.5, 0.6) is 0 Å². The van der Waals surface area contributed by atoms with Gasteiger partial charge in [-0.25, -0.2) is 9.97 Å². The highest BCUT2D eigenvalue weighted by Crippen LogP contribution is 2.36. The molecule has 6 nitrogen and oxygen atoms in total. The van der Waals surface area contributed by atoms with E-state index in [2.05, 4.69) is 15.3 Å². The maximum atomic E-state index is 12.7. The molecule has 1 amide bonds. The van der Waals surface area contributed by atoms with Crippen molar-refractivity contribution in [1.82, 2.24) is 14.5 Å². The van der Waals surface area contributed by atoms with Crippen molar-refractivity contribution in [3.63, 3.8) is 0 Å². The van der Waals surface area contributed by atoms with Gasteiger partial charge in [-0.15, -0.1) is 11.3 Å². The zero-order valence-corrected chi connectivity index (χ0v) is 13.6. The molecule has 3 N–H and O–H groups in total. The zero-order valence-electron chi connectivity index (χ0n) is 12.7. The number of amides is 1. The van der Waals surface area contributed by atoms with Gasteiger partial charge in [-0.05, 0) is 31.4 Å². The number of rotatable bonds is 2. The lowest BCUT2D eigenvalue weighted by atomic mass is 9.90. The number of benzene rings is 1. The minimum absolute atomic E-state index is 0.0605. The zero-order chi connectivity index (χ0) is 16.0. The lowest BCUT2D eigenvalue weighted by Gasteiger charge is -2.20. The third kappa shape index (κ3) is 2.37. The van der Waals surface area contributed by atoms with Crippen LogP contribution in [0.2, 0.25) is 0 Å². The van der Waals surface area contributed by atoms with E-state index < -0.39 is 0 Å². The first-order valence-corrected chi connectivity index (χ1v) is 8.42. The van der Waals surface area contributed by atoms with E-state index >= 15 is 0 Å². The van der Waals surface area contributed by atoms with Gasteiger partial charge in [0.2, 0.25) is 11.9 Å². The first-order valence-electron chi connectivity index (χ1n) is 7.61. The number of anilines is 2. The molecule has 1 unspecified atom stereocenters. The number of hydrogen-bond donors (Lipinski definition) is 2. The predicted molar refractivity (Wildman–Crippen MR) is 91.5 cm³/mol. The summed E-state index contributed by atoms with van der Waals surface area (Å²) in [5.74, 6) is 0.258. The molecule has 0 spiro atoms. The third-order valence-electron chi connectivity index (χ3n) is 4.31. The van der Waals surface area contributed by atoms with E-state index in [4.69, 9.17) is 5.73 Å². The monoisotopic (exact) mass is 327 g/mol. The smallest absolute Gasteiger partial charge is 0.235 e. The molecular formula is C16H17N5OS. The molecule has 4 rings (SSSR count). The van der Waals surface area contributed by atoms with E-state index in [-0.39, 0.29) is 11.8 Å². The summed E-state index contributed by atoms with van der Waals surface area (Å²) >= 11 is 1.49. The van der Waals surface area contributed by atoms with E-state index in [0.717, 1.165) is 40.9 Å². The quantitative estimate of drug-likeness (QED) is 0.758. The van der Waals surface area contributed by atoms with Gasteiger partial charge in [-0.3, -0.25) is 10.1 Å². The van der Waals surface area contributed by atoms with Gasteiger partial charge >= 0.3 is 0 Å². The van der Waals surface area contributed by atoms with Crippen LogP contribution in [0, 0.1) is 0 Å². The average molecular weight is 327 g/mol. The molecule has 1 aliphatic rings. The number of imidazole rings is 1. The van der Waals surface area contributed by atoms with Crippen LogP contribution >= 0.6 is 11.3 Å². The summed E-state index contributed by atoms with van der Waals surface area (Å²) in [7, 11) is 1.90. The fraction of sp³-hybridized carbons (Fsp3) is 0.312. The number of carbonyl (C=O) groups excluding carboxylic acids is 1. The second-order valence-corrected chi connectivity index (χ2v) is 6.89. The standard InChI is InChI=1S/C16H17N5OS/c1-21-11-7-3-2-6-10(11)18-16(21)20-14(22)9-5-4-8-12-13(9)19-15(17)23-12/h2-3,6-7,9H,4-5,8H2,1H3,(H2,17,19)(H,18,20,22). The summed E-state index contributed by atoms with van der Waals surface area (Å²) in [6.07, 6.45) is 2.74. The molecule has 118 valence electrons. The summed E-state index contributed by atoms with van der Waals surface area (Å²) in [4.78, 5) is 22.7. The van der Waals surface area contributed by atoms with Crippen molar-refractivity contribution < 1.29 is 4.79 Å². The Kier molecular flexibility index (Phi) is 3.30. The van der Waals surface area contributed by atoms with Crippen molar-refractivity contribution in [3.8, 4) is 0 Å². The van der Waals surface area contributed by atoms with Crippen LogP contribution in [0.1, 0.15) is 29.3 Å². The van der Waals surface area contributed by atoms with Gasteiger partial charge in [0.15, 0.2) is 5.13 Å². The summed E-state index contributed by atoms with van der Waals surface area (Å²) in [6, 6.07) is 7.82. The molecule has 0 bridgehead atoms. The van der Waals surface area contributed by atoms with E-state index in [9.17, 15) is 4.79 Å². The second kappa shape index (κ2) is 5.34. The number of thiazole rings is 1. The number of carbonyl (C=O) groups is 1. The van der Waals surface area contributed by atoms with Crippen LogP contribution in [-0.2, 0) is 18.3 Å². The maximum Gasteiger partial charge on any atom is 0.235 e. The number of aryl methyl sites for hydroxylation is 2. The van der Waals surface area contributed by atoms with E-state index in [1.54, 1.807) is 0 Å². The Morgan fingerprint density at radius 2 is 2.22 bits per heavy atom. The molecule has 1 atom stereocenters. The molecule has 0 aliphatic heterocycles. The number of nitrogen functional groups attached to an aromatic ring is 1. The summed E-state index contributed by atoms with van der Waals surface area (Å²) in [5.41, 5.74) is 8.51. The molecule has 2 aromatic heterocycles. The Morgan fingerprint density at radius 3 is 3.04 bits per heavy atom. The summed E-state index contributed by atoms with van der Waals surface area (Å²) in [6.45, 7) is 0. The Morgan fingerprint density at radius 1 is 1.39 bits per heavy atom. The van der Waals surface area contributed by atoms with Crippen molar-refractivity contribution in [3.05, 3.63) is 34.8 Å². The summed E-state index contributed by atoms with van der Waals surface area (Å²) in [5, 5.41) is 3.50. The number of hydrogen-bond acceptors (Lipinski definition) is 5. The minimum atomic E-state index is -0.243. The SMILES string of the molecule is Cn1c(NC(=O)C2CCCc3sc(N)nc32)nc2ccccc21. The van der Waals surface area contributed by atoms with E-state index in [1.165, 1.54) is 11.3 Å². The molecule has 0 saturated heterocycles. The Hall–Kier alpha value is -2.41. The largest absolute Gasteiger partial charge is 0.375 e. The minimum Gasteiger partial charge on any atom is -0.375 e. The van der Waals surface area contributed by atoms with Crippen molar-refractivity contribution in [1.29, 1.82) is 0 Å². The number of nitrogens with two attached hydrogens (primary N) is 1. The van der Waals surface area contributed by atoms with Crippen molar-refractivity contribution in [2.75, 3.05) is 11.1 Å². The van der Waals surface area contributed by atoms with Crippen molar-refractivity contribution in [2.24, 2.45) is 7.05 Å². The average Bonchev–Trinajstić information content (AvgIpc) is 3.07. The molecule has 0 radical (unpaired) electrons. The Labute approximate surface area is 137 Å². The highest BCUT2D eigenvalue weighted by atomic mass is 32.1. The van der Waals surface area contributed by atoms with Crippen LogP contribution in [0.15, 0.2) is 24.3 Å². The first kappa shape index (κ1) is 14.2. The topological polar surface area (TPSA) is 85.8 Å². The number of nitrogens with zero attached hydrogens (tertiary/aromatic N) is 3. The number of fused-ring (bicyclic) bond motifs is 2. The van der Waals surface area contributed by atoms with Crippen molar-refractivity contribution >= 4 is 39.4 Å². The van der Waals surface area contributed by atoms with Crippen molar-refractivity contribution in [2.45, 2.75) is 25.2 Å². The Bertz CT molecular complexity index is 897. The molecule has 23 heavy (non-hydrogen) atoms. The fourth-order valence-corrected chi connectivity index (χ4v) is 4.08. The molecule has 0 fully saturated rings. The normalized spacial score (nSPS) is 17.2. The number of para-hydroxylation sites is 2. The first-order chi connectivity index (χ1) is 11.1. The van der Waals surface area contributed by atoms with Crippen LogP contribution in [0.3, 0.4) is 0 Å². The van der Waals surface area contributed by atoms with Gasteiger partial charge in [-0.2, -0.15) is 0 Å². The van der Waals surface area contributed by atoms with Gasteiger partial charge in [0.05, 0.1) is 22.6 Å². The van der Waals surface area contributed by atoms with Crippen LogP contribution < -0.4 is 11.1 Å². The molecule has 2 heterocycles. The van der Waals surface area contributed by atoms with Gasteiger partial charge in [0, 0.05) is 11.9 Å². The number of aromatic nitrogens is 3. The van der Waals surface area contributed by atoms with Gasteiger partial charge in [0.1, 0.15) is 0 Å². The lowest BCUT2D eigenvalue weighted by Crippen LogP contribution is -2.25. The predicted octanol–water partition coefficient (Wildman–Crippen LogP) is 2.67. The molecule has 1 aliphatic carbocycles. The Balaban J connectivity index is 1.64. The highest BCUT2D eigenvalue weighted by Gasteiger charge is 2.30.